The number of nitrogens with zero attached hydrogens (tertiary/aromatic N) is 3. The van der Waals surface area contributed by atoms with Gasteiger partial charge in [0.05, 0.1) is 12.2 Å². The third-order valence-electron chi connectivity index (χ3n) is 6.09. The van der Waals surface area contributed by atoms with Crippen molar-refractivity contribution in [3.63, 3.8) is 0 Å². The molecule has 0 aliphatic carbocycles. The molecular weight excluding hydrogens is 526 g/mol. The van der Waals surface area contributed by atoms with Crippen LogP contribution in [0.25, 0.3) is 0 Å². The molecular formula is C26H25N5O9. The van der Waals surface area contributed by atoms with E-state index in [-0.39, 0.29) is 35.8 Å². The molecule has 2 aromatic carbocycles. The third-order valence-corrected chi connectivity index (χ3v) is 6.09. The number of amides is 4. The number of nitrogens with one attached hydrogen (secondary N) is 1. The molecule has 208 valence electrons. The molecule has 0 saturated carbocycles. The first-order valence-corrected chi connectivity index (χ1v) is 12.0. The number of hydrogen-bond acceptors (Lipinski definition) is 9. The fourth-order valence-electron chi connectivity index (χ4n) is 4.28. The Morgan fingerprint density at radius 1 is 1.20 bits per heavy atom. The van der Waals surface area contributed by atoms with Gasteiger partial charge < -0.3 is 35.4 Å². The minimum atomic E-state index is -1.69. The zero-order valence-corrected chi connectivity index (χ0v) is 21.4. The van der Waals surface area contributed by atoms with Crippen LogP contribution in [-0.4, -0.2) is 90.4 Å². The van der Waals surface area contributed by atoms with Crippen LogP contribution in [0.15, 0.2) is 47.5 Å². The maximum absolute atomic E-state index is 13.5. The normalized spacial score (nSPS) is 17.0. The predicted molar refractivity (Wildman–Crippen MR) is 139 cm³/mol. The Kier molecular flexibility index (Phi) is 7.90. The van der Waals surface area contributed by atoms with Crippen LogP contribution in [0.3, 0.4) is 0 Å². The number of carboxylic acid groups (broad SMARTS) is 1. The summed E-state index contributed by atoms with van der Waals surface area (Å²) in [4.78, 5) is 80.2. The van der Waals surface area contributed by atoms with E-state index in [2.05, 4.69) is 10.3 Å². The number of carbonyl (C=O) groups excluding carboxylic acids is 5. The molecule has 2 atom stereocenters. The minimum Gasteiger partial charge on any atom is -0.480 e. The number of hydrogen-bond donors (Lipinski definition) is 3. The van der Waals surface area contributed by atoms with Crippen LogP contribution in [0.4, 0.5) is 11.4 Å². The highest BCUT2D eigenvalue weighted by molar-refractivity contribution is 6.20. The summed E-state index contributed by atoms with van der Waals surface area (Å²) in [6.07, 6.45) is -3.22. The summed E-state index contributed by atoms with van der Waals surface area (Å²) in [6.45, 7) is 0.602. The van der Waals surface area contributed by atoms with E-state index in [1.165, 1.54) is 48.3 Å². The summed E-state index contributed by atoms with van der Waals surface area (Å²) in [5, 5.41) is 11.5. The van der Waals surface area contributed by atoms with Crippen molar-refractivity contribution in [1.29, 1.82) is 0 Å². The summed E-state index contributed by atoms with van der Waals surface area (Å²) in [6, 6.07) is 10.3. The number of carboxylic acids is 1. The van der Waals surface area contributed by atoms with E-state index in [1.54, 1.807) is 6.07 Å². The Hall–Kier alpha value is -5.11. The van der Waals surface area contributed by atoms with Crippen LogP contribution in [0.5, 0.6) is 0 Å². The van der Waals surface area contributed by atoms with Gasteiger partial charge in [-0.2, -0.15) is 4.99 Å². The van der Waals surface area contributed by atoms with Crippen LogP contribution < -0.4 is 16.0 Å². The molecule has 1 saturated heterocycles. The van der Waals surface area contributed by atoms with Crippen molar-refractivity contribution in [3.05, 3.63) is 59.2 Å². The van der Waals surface area contributed by atoms with E-state index in [0.717, 1.165) is 11.8 Å². The second-order valence-electron chi connectivity index (χ2n) is 8.97. The molecule has 14 heteroatoms. The first-order chi connectivity index (χ1) is 19.0. The number of rotatable bonds is 8. The molecule has 2 aliphatic heterocycles. The van der Waals surface area contributed by atoms with Gasteiger partial charge in [0.2, 0.25) is 6.10 Å². The molecule has 0 spiro atoms. The molecule has 4 amide bonds. The molecule has 2 heterocycles. The Balaban J connectivity index is 1.55. The van der Waals surface area contributed by atoms with Gasteiger partial charge >= 0.3 is 11.9 Å². The van der Waals surface area contributed by atoms with Gasteiger partial charge in [0, 0.05) is 43.0 Å². The van der Waals surface area contributed by atoms with Crippen LogP contribution in [0.1, 0.15) is 33.2 Å². The van der Waals surface area contributed by atoms with Gasteiger partial charge in [-0.05, 0) is 36.4 Å². The van der Waals surface area contributed by atoms with Gasteiger partial charge in [-0.1, -0.05) is 6.07 Å². The highest BCUT2D eigenvalue weighted by atomic mass is 16.6. The first-order valence-electron chi connectivity index (χ1n) is 12.0. The largest absolute Gasteiger partial charge is 0.480 e. The monoisotopic (exact) mass is 551 g/mol. The van der Waals surface area contributed by atoms with E-state index in [4.69, 9.17) is 20.3 Å². The van der Waals surface area contributed by atoms with Crippen LogP contribution in [0.2, 0.25) is 0 Å². The van der Waals surface area contributed by atoms with Gasteiger partial charge in [0.15, 0.2) is 6.10 Å². The number of morpholine rings is 1. The van der Waals surface area contributed by atoms with Crippen LogP contribution >= 0.6 is 0 Å². The molecule has 0 aromatic heterocycles. The summed E-state index contributed by atoms with van der Waals surface area (Å²) < 4.78 is 10.8. The number of ether oxygens (including phenoxy) is 2. The average Bonchev–Trinajstić information content (AvgIpc) is 3.19. The first kappa shape index (κ1) is 27.9. The molecule has 14 nitrogen and oxygen atoms in total. The molecule has 4 rings (SSSR count). The topological polar surface area (TPSA) is 198 Å². The molecule has 2 aromatic rings. The van der Waals surface area contributed by atoms with E-state index >= 15 is 0 Å². The number of benzene rings is 2. The third kappa shape index (κ3) is 5.81. The van der Waals surface area contributed by atoms with Crippen molar-refractivity contribution in [2.75, 3.05) is 37.0 Å². The fourth-order valence-corrected chi connectivity index (χ4v) is 4.28. The van der Waals surface area contributed by atoms with Crippen molar-refractivity contribution in [3.8, 4) is 0 Å². The standard InChI is InChI=1S/C26H25N5O9/c1-13(32)40-20(24(36)28-15-6-7-17-18(11-15)23(35)29-22(17)27)21-26(38)31(8-9-39-21)16-5-3-4-14(10-16)25(37)30(2)12-19(33)34/h3-7,10-11,20-21H,8-9,12H2,1-2H3,(H,28,36)(H,33,34)(H2,27,29,35). The second kappa shape index (κ2) is 11.3. The summed E-state index contributed by atoms with van der Waals surface area (Å²) in [5.41, 5.74) is 6.91. The second-order valence-corrected chi connectivity index (χ2v) is 8.97. The Labute approximate surface area is 227 Å². The number of fused-ring (bicyclic) bond motifs is 1. The van der Waals surface area contributed by atoms with Crippen LogP contribution in [0, 0.1) is 0 Å². The lowest BCUT2D eigenvalue weighted by Crippen LogP contribution is -2.56. The van der Waals surface area contributed by atoms with E-state index in [1.807, 2.05) is 0 Å². The van der Waals surface area contributed by atoms with Crippen LogP contribution in [-0.2, 0) is 28.7 Å². The maximum Gasteiger partial charge on any atom is 0.323 e. The summed E-state index contributed by atoms with van der Waals surface area (Å²) in [7, 11) is 1.33. The van der Waals surface area contributed by atoms with Crippen molar-refractivity contribution < 1.29 is 43.3 Å². The number of anilines is 2. The van der Waals surface area contributed by atoms with Gasteiger partial charge in [-0.25, -0.2) is 0 Å². The maximum atomic E-state index is 13.5. The van der Waals surface area contributed by atoms with E-state index < -0.39 is 54.3 Å². The number of aliphatic imine (C=N–C) groups is 1. The molecule has 0 radical (unpaired) electrons. The number of amidine groups is 1. The van der Waals surface area contributed by atoms with Crippen molar-refractivity contribution in [2.45, 2.75) is 19.1 Å². The quantitative estimate of drug-likeness (QED) is 0.376. The lowest BCUT2D eigenvalue weighted by atomic mass is 10.1. The molecule has 2 unspecified atom stereocenters. The average molecular weight is 552 g/mol. The smallest absolute Gasteiger partial charge is 0.323 e. The van der Waals surface area contributed by atoms with Crippen molar-refractivity contribution in [1.82, 2.24) is 4.90 Å². The summed E-state index contributed by atoms with van der Waals surface area (Å²) in [5.74, 6) is -4.70. The lowest BCUT2D eigenvalue weighted by molar-refractivity contribution is -0.167. The Morgan fingerprint density at radius 3 is 2.65 bits per heavy atom. The highest BCUT2D eigenvalue weighted by Crippen LogP contribution is 2.25. The number of likely N-dealkylation sites (N-methyl/N-ethyl adjacent to an activating group) is 1. The molecule has 2 aliphatic rings. The van der Waals surface area contributed by atoms with E-state index in [0.29, 0.717) is 11.3 Å². The number of carbonyl (C=O) groups is 6. The van der Waals surface area contributed by atoms with Gasteiger partial charge in [0.1, 0.15) is 12.4 Å². The number of nitrogens with two attached hydrogens (primary N) is 1. The SMILES string of the molecule is CC(=O)OC(C(=O)Nc1ccc2c(c1)C(=O)N=C2N)C1OCCN(c2cccc(C(=O)N(C)CC(=O)O)c2)C1=O. The lowest BCUT2D eigenvalue weighted by Gasteiger charge is -2.35. The zero-order valence-electron chi connectivity index (χ0n) is 21.4. The van der Waals surface area contributed by atoms with Gasteiger partial charge in [-0.15, -0.1) is 0 Å². The van der Waals surface area contributed by atoms with Crippen molar-refractivity contribution >= 4 is 52.8 Å². The molecule has 1 fully saturated rings. The number of esters is 1. The highest BCUT2D eigenvalue weighted by Gasteiger charge is 2.43. The van der Waals surface area contributed by atoms with Crippen molar-refractivity contribution in [2.24, 2.45) is 10.7 Å². The molecule has 40 heavy (non-hydrogen) atoms. The Bertz CT molecular complexity index is 1450. The summed E-state index contributed by atoms with van der Waals surface area (Å²) >= 11 is 0. The van der Waals surface area contributed by atoms with Gasteiger partial charge in [0.25, 0.3) is 23.6 Å². The van der Waals surface area contributed by atoms with Gasteiger partial charge in [-0.3, -0.25) is 28.8 Å². The minimum absolute atomic E-state index is 0.0253. The van der Waals surface area contributed by atoms with E-state index in [9.17, 15) is 28.8 Å². The molecule has 0 bridgehead atoms. The zero-order chi connectivity index (χ0) is 29.1. The fraction of sp³-hybridized carbons (Fsp3) is 0.269. The Morgan fingerprint density at radius 2 is 1.95 bits per heavy atom. The molecule has 4 N–H and O–H groups in total. The predicted octanol–water partition coefficient (Wildman–Crippen LogP) is 0.00450. The number of aliphatic carboxylic acids is 1.